The first-order chi connectivity index (χ1) is 13.5. The topological polar surface area (TPSA) is 64.1 Å². The van der Waals surface area contributed by atoms with Crippen molar-refractivity contribution in [2.24, 2.45) is 5.92 Å². The number of nitrogens with zero attached hydrogens (tertiary/aromatic N) is 2. The Morgan fingerprint density at radius 2 is 2.04 bits per heavy atom. The molecule has 0 unspecified atom stereocenters. The lowest BCUT2D eigenvalue weighted by molar-refractivity contribution is -0.119. The van der Waals surface area contributed by atoms with Crippen molar-refractivity contribution in [2.75, 3.05) is 0 Å². The highest BCUT2D eigenvalue weighted by Crippen LogP contribution is 2.32. The van der Waals surface area contributed by atoms with Gasteiger partial charge in [-0.25, -0.2) is 9.97 Å². The van der Waals surface area contributed by atoms with Crippen molar-refractivity contribution >= 4 is 23.6 Å². The second-order valence-corrected chi connectivity index (χ2v) is 7.76. The summed E-state index contributed by atoms with van der Waals surface area (Å²) in [4.78, 5) is 19.5. The van der Waals surface area contributed by atoms with Crippen LogP contribution in [-0.2, 0) is 11.2 Å². The summed E-state index contributed by atoms with van der Waals surface area (Å²) in [6.07, 6.45) is 13.4. The van der Waals surface area contributed by atoms with Gasteiger partial charge in [0, 0.05) is 35.9 Å². The molecule has 1 amide bonds. The number of benzene rings is 1. The van der Waals surface area contributed by atoms with Gasteiger partial charge in [0.1, 0.15) is 5.75 Å². The van der Waals surface area contributed by atoms with Gasteiger partial charge in [-0.15, -0.1) is 0 Å². The highest BCUT2D eigenvalue weighted by atomic mass is 35.5. The van der Waals surface area contributed by atoms with Gasteiger partial charge in [0.2, 0.25) is 5.91 Å². The lowest BCUT2D eigenvalue weighted by Gasteiger charge is -2.12. The number of carbonyl (C=O) groups excluding carboxylic acids is 1. The van der Waals surface area contributed by atoms with E-state index in [1.54, 1.807) is 12.4 Å². The molecule has 0 aliphatic heterocycles. The van der Waals surface area contributed by atoms with E-state index in [0.717, 1.165) is 22.9 Å². The normalized spacial score (nSPS) is 15.7. The maximum absolute atomic E-state index is 11.0. The molecular formula is C22H26ClN3O2. The summed E-state index contributed by atoms with van der Waals surface area (Å²) in [6.45, 7) is 3.39. The van der Waals surface area contributed by atoms with Gasteiger partial charge >= 0.3 is 6.01 Å². The van der Waals surface area contributed by atoms with Crippen LogP contribution in [0.1, 0.15) is 50.7 Å². The minimum absolute atomic E-state index is 0.0571. The zero-order valence-corrected chi connectivity index (χ0v) is 17.1. The molecule has 1 aromatic heterocycles. The van der Waals surface area contributed by atoms with Crippen molar-refractivity contribution in [3.63, 3.8) is 0 Å². The van der Waals surface area contributed by atoms with Crippen LogP contribution in [0.3, 0.4) is 0 Å². The summed E-state index contributed by atoms with van der Waals surface area (Å²) >= 11 is 6.45. The van der Waals surface area contributed by atoms with E-state index in [2.05, 4.69) is 15.3 Å². The molecule has 6 heteroatoms. The lowest BCUT2D eigenvalue weighted by atomic mass is 9.98. The van der Waals surface area contributed by atoms with Crippen LogP contribution in [0, 0.1) is 5.92 Å². The number of nitrogens with one attached hydrogen (secondary N) is 1. The fourth-order valence-electron chi connectivity index (χ4n) is 3.48. The fourth-order valence-corrected chi connectivity index (χ4v) is 3.72. The Morgan fingerprint density at radius 3 is 2.68 bits per heavy atom. The molecule has 1 aliphatic carbocycles. The van der Waals surface area contributed by atoms with E-state index in [1.165, 1.54) is 38.2 Å². The van der Waals surface area contributed by atoms with Crippen LogP contribution >= 0.6 is 11.6 Å². The third kappa shape index (κ3) is 6.06. The van der Waals surface area contributed by atoms with Crippen molar-refractivity contribution in [2.45, 2.75) is 52.0 Å². The Balaban J connectivity index is 1.58. The maximum Gasteiger partial charge on any atom is 0.321 e. The zero-order valence-electron chi connectivity index (χ0n) is 16.3. The van der Waals surface area contributed by atoms with Crippen LogP contribution in [-0.4, -0.2) is 21.9 Å². The molecule has 1 atom stereocenters. The smallest absolute Gasteiger partial charge is 0.321 e. The van der Waals surface area contributed by atoms with Crippen LogP contribution in [0.4, 0.5) is 0 Å². The van der Waals surface area contributed by atoms with E-state index in [4.69, 9.17) is 16.3 Å². The summed E-state index contributed by atoms with van der Waals surface area (Å²) in [5.41, 5.74) is 2.00. The van der Waals surface area contributed by atoms with Gasteiger partial charge in [0.25, 0.3) is 0 Å². The SMILES string of the molecule is CC(=O)N[C@@H](C)/C=C/c1cnc(Oc2ccc(CC3CCCC3)c(Cl)c2)nc1. The van der Waals surface area contributed by atoms with Crippen LogP contribution in [0.5, 0.6) is 11.8 Å². The number of halogens is 1. The van der Waals surface area contributed by atoms with Gasteiger partial charge in [-0.05, 0) is 37.0 Å². The van der Waals surface area contributed by atoms with Crippen molar-refractivity contribution in [3.8, 4) is 11.8 Å². The van der Waals surface area contributed by atoms with Gasteiger partial charge in [-0.2, -0.15) is 0 Å². The molecule has 0 radical (unpaired) electrons. The summed E-state index contributed by atoms with van der Waals surface area (Å²) in [5, 5.41) is 3.52. The fraction of sp³-hybridized carbons (Fsp3) is 0.409. The number of aromatic nitrogens is 2. The molecule has 5 nitrogen and oxygen atoms in total. The van der Waals surface area contributed by atoms with Crippen LogP contribution in [0.2, 0.25) is 5.02 Å². The number of carbonyl (C=O) groups is 1. The predicted molar refractivity (Wildman–Crippen MR) is 112 cm³/mol. The third-order valence-electron chi connectivity index (χ3n) is 4.87. The minimum atomic E-state index is -0.0648. The Labute approximate surface area is 171 Å². The first-order valence-corrected chi connectivity index (χ1v) is 10.1. The average Bonchev–Trinajstić information content (AvgIpc) is 3.16. The average molecular weight is 400 g/mol. The summed E-state index contributed by atoms with van der Waals surface area (Å²) in [7, 11) is 0. The molecular weight excluding hydrogens is 374 g/mol. The molecule has 1 heterocycles. The number of hydrogen-bond donors (Lipinski definition) is 1. The number of hydrogen-bond acceptors (Lipinski definition) is 4. The van der Waals surface area contributed by atoms with E-state index in [1.807, 2.05) is 37.3 Å². The molecule has 0 saturated heterocycles. The first kappa shape index (κ1) is 20.3. The van der Waals surface area contributed by atoms with Gasteiger partial charge in [-0.1, -0.05) is 55.5 Å². The summed E-state index contributed by atoms with van der Waals surface area (Å²) < 4.78 is 5.73. The molecule has 148 valence electrons. The van der Waals surface area contributed by atoms with Crippen LogP contribution in [0.15, 0.2) is 36.7 Å². The Morgan fingerprint density at radius 1 is 1.32 bits per heavy atom. The molecule has 1 N–H and O–H groups in total. The molecule has 1 saturated carbocycles. The predicted octanol–water partition coefficient (Wildman–Crippen LogP) is 5.19. The molecule has 0 bridgehead atoms. The summed E-state index contributed by atoms with van der Waals surface area (Å²) in [5.74, 6) is 1.31. The maximum atomic E-state index is 11.0. The molecule has 3 rings (SSSR count). The summed E-state index contributed by atoms with van der Waals surface area (Å²) in [6, 6.07) is 6.00. The van der Waals surface area contributed by atoms with Crippen LogP contribution < -0.4 is 10.1 Å². The van der Waals surface area contributed by atoms with Crippen LogP contribution in [0.25, 0.3) is 6.08 Å². The van der Waals surface area contributed by atoms with E-state index in [9.17, 15) is 4.79 Å². The van der Waals surface area contributed by atoms with Gasteiger partial charge in [0.05, 0.1) is 0 Å². The third-order valence-corrected chi connectivity index (χ3v) is 5.23. The van der Waals surface area contributed by atoms with Gasteiger partial charge < -0.3 is 10.1 Å². The zero-order chi connectivity index (χ0) is 19.9. The second-order valence-electron chi connectivity index (χ2n) is 7.36. The molecule has 0 spiro atoms. The second kappa shape index (κ2) is 9.69. The monoisotopic (exact) mass is 399 g/mol. The Hall–Kier alpha value is -2.40. The van der Waals surface area contributed by atoms with E-state index in [-0.39, 0.29) is 18.0 Å². The van der Waals surface area contributed by atoms with Crippen molar-refractivity contribution in [1.29, 1.82) is 0 Å². The molecule has 1 fully saturated rings. The number of ether oxygens (including phenoxy) is 1. The number of amides is 1. The van der Waals surface area contributed by atoms with Gasteiger partial charge in [-0.3, -0.25) is 4.79 Å². The highest BCUT2D eigenvalue weighted by Gasteiger charge is 2.17. The Bertz CT molecular complexity index is 830. The quantitative estimate of drug-likeness (QED) is 0.695. The van der Waals surface area contributed by atoms with E-state index >= 15 is 0 Å². The standard InChI is InChI=1S/C22H26ClN3O2/c1-15(26-16(2)27)7-8-18-13-24-22(25-14-18)28-20-10-9-19(21(23)12-20)11-17-5-3-4-6-17/h7-10,12-15,17H,3-6,11H2,1-2H3,(H,26,27)/b8-7+/t15-/m0/s1. The van der Waals surface area contributed by atoms with Crippen molar-refractivity contribution in [1.82, 2.24) is 15.3 Å². The molecule has 2 aromatic rings. The van der Waals surface area contributed by atoms with Gasteiger partial charge in [0.15, 0.2) is 0 Å². The first-order valence-electron chi connectivity index (χ1n) is 9.73. The number of rotatable bonds is 7. The minimum Gasteiger partial charge on any atom is -0.424 e. The lowest BCUT2D eigenvalue weighted by Crippen LogP contribution is -2.28. The molecule has 1 aliphatic rings. The van der Waals surface area contributed by atoms with Crippen molar-refractivity contribution < 1.29 is 9.53 Å². The van der Waals surface area contributed by atoms with E-state index < -0.39 is 0 Å². The Kier molecular flexibility index (Phi) is 7.04. The van der Waals surface area contributed by atoms with E-state index in [0.29, 0.717) is 5.75 Å². The molecule has 28 heavy (non-hydrogen) atoms. The van der Waals surface area contributed by atoms with Crippen molar-refractivity contribution in [3.05, 3.63) is 52.8 Å². The molecule has 1 aromatic carbocycles. The largest absolute Gasteiger partial charge is 0.424 e. The highest BCUT2D eigenvalue weighted by molar-refractivity contribution is 6.31.